The molecule has 0 aliphatic heterocycles. The summed E-state index contributed by atoms with van der Waals surface area (Å²) in [6.45, 7) is 6.20. The lowest BCUT2D eigenvalue weighted by molar-refractivity contribution is 0.104. The van der Waals surface area contributed by atoms with Gasteiger partial charge in [0, 0.05) is 38.1 Å². The van der Waals surface area contributed by atoms with Gasteiger partial charge < -0.3 is 4.90 Å². The normalized spacial score (nSPS) is 11.4. The summed E-state index contributed by atoms with van der Waals surface area (Å²) in [5, 5.41) is 0. The number of nitrogens with zero attached hydrogens (tertiary/aromatic N) is 2. The minimum Gasteiger partial charge on any atom is -0.383 e. The van der Waals surface area contributed by atoms with Gasteiger partial charge in [0.25, 0.3) is 0 Å². The molecular formula is C14H18N2O. The number of hydrogen-bond donors (Lipinski definition) is 0. The fraction of sp³-hybridized carbons (Fsp3) is 0.429. The number of rotatable bonds is 3. The van der Waals surface area contributed by atoms with Crippen LogP contribution in [0.4, 0.5) is 0 Å². The topological polar surface area (TPSA) is 33.2 Å². The first-order chi connectivity index (χ1) is 7.80. The molecule has 0 spiro atoms. The first-order valence-corrected chi connectivity index (χ1v) is 5.50. The standard InChI is InChI=1S/C14H18N2O/c1-14(2,3)11-6-8-15-12(10-11)13(17)7-9-16(4)5/h7,9-10H,1-5H3/b9-7+. The molecule has 0 radical (unpaired) electrons. The Labute approximate surface area is 103 Å². The first kappa shape index (κ1) is 13.2. The van der Waals surface area contributed by atoms with Crippen molar-refractivity contribution in [1.29, 1.82) is 0 Å². The van der Waals surface area contributed by atoms with Gasteiger partial charge in [-0.15, -0.1) is 0 Å². The third kappa shape index (κ3) is 3.92. The van der Waals surface area contributed by atoms with Gasteiger partial charge >= 0.3 is 0 Å². The molecule has 0 aromatic carbocycles. The molecule has 1 aromatic rings. The molecule has 0 fully saturated rings. The highest BCUT2D eigenvalue weighted by Gasteiger charge is 2.15. The molecule has 0 atom stereocenters. The van der Waals surface area contributed by atoms with Gasteiger partial charge in [-0.1, -0.05) is 20.8 Å². The van der Waals surface area contributed by atoms with Crippen molar-refractivity contribution >= 4 is 5.78 Å². The summed E-state index contributed by atoms with van der Waals surface area (Å²) < 4.78 is 0. The van der Waals surface area contributed by atoms with Crippen molar-refractivity contribution in [3.8, 4) is 0 Å². The molecule has 0 unspecified atom stereocenters. The SMILES string of the molecule is CN(C)/C=C/C(=O)c1cc(C(C)(C)C)c#cn1. The molecule has 0 bridgehead atoms. The molecule has 3 nitrogen and oxygen atoms in total. The van der Waals surface area contributed by atoms with Gasteiger partial charge in [-0.3, -0.25) is 4.79 Å². The highest BCUT2D eigenvalue weighted by Crippen LogP contribution is 2.20. The third-order valence-corrected chi connectivity index (χ3v) is 2.23. The number of allylic oxidation sites excluding steroid dienone is 1. The molecular weight excluding hydrogens is 212 g/mol. The molecule has 1 rings (SSSR count). The number of hydrogen-bond acceptors (Lipinski definition) is 3. The second kappa shape index (κ2) is 5.01. The van der Waals surface area contributed by atoms with Gasteiger partial charge in [-0.05, 0) is 17.5 Å². The van der Waals surface area contributed by atoms with Gasteiger partial charge in [-0.25, -0.2) is 0 Å². The van der Waals surface area contributed by atoms with Gasteiger partial charge in [0.15, 0.2) is 0 Å². The maximum atomic E-state index is 11.8. The number of aromatic nitrogens is 1. The van der Waals surface area contributed by atoms with E-state index in [1.807, 2.05) is 14.1 Å². The van der Waals surface area contributed by atoms with Crippen LogP contribution in [0.15, 0.2) is 18.3 Å². The van der Waals surface area contributed by atoms with Crippen molar-refractivity contribution in [2.75, 3.05) is 14.1 Å². The Bertz CT molecular complexity index is 428. The van der Waals surface area contributed by atoms with Crippen LogP contribution in [0, 0.1) is 12.3 Å². The Morgan fingerprint density at radius 1 is 1.41 bits per heavy atom. The van der Waals surface area contributed by atoms with E-state index in [2.05, 4.69) is 38.0 Å². The lowest BCUT2D eigenvalue weighted by atomic mass is 9.88. The van der Waals surface area contributed by atoms with E-state index in [-0.39, 0.29) is 11.2 Å². The van der Waals surface area contributed by atoms with Gasteiger partial charge in [0.05, 0.1) is 0 Å². The van der Waals surface area contributed by atoms with E-state index >= 15 is 0 Å². The molecule has 1 aromatic heterocycles. The Morgan fingerprint density at radius 2 is 2.06 bits per heavy atom. The van der Waals surface area contributed by atoms with Crippen molar-refractivity contribution in [1.82, 2.24) is 9.88 Å². The van der Waals surface area contributed by atoms with Crippen LogP contribution in [0.3, 0.4) is 0 Å². The molecule has 17 heavy (non-hydrogen) atoms. The van der Waals surface area contributed by atoms with Crippen LogP contribution < -0.4 is 0 Å². The summed E-state index contributed by atoms with van der Waals surface area (Å²) in [6.07, 6.45) is 5.87. The number of carbonyl (C=O) groups excluding carboxylic acids is 1. The maximum Gasteiger partial charge on any atom is 0.206 e. The Kier molecular flexibility index (Phi) is 3.90. The molecule has 0 saturated heterocycles. The van der Waals surface area contributed by atoms with Crippen LogP contribution in [-0.4, -0.2) is 29.8 Å². The van der Waals surface area contributed by atoms with E-state index in [1.165, 1.54) is 6.08 Å². The Morgan fingerprint density at radius 3 is 2.59 bits per heavy atom. The first-order valence-electron chi connectivity index (χ1n) is 5.50. The molecule has 90 valence electrons. The van der Waals surface area contributed by atoms with Crippen LogP contribution >= 0.6 is 0 Å². The summed E-state index contributed by atoms with van der Waals surface area (Å²) >= 11 is 0. The van der Waals surface area contributed by atoms with Crippen molar-refractivity contribution in [3.63, 3.8) is 0 Å². The molecule has 0 amide bonds. The van der Waals surface area contributed by atoms with E-state index in [0.29, 0.717) is 5.69 Å². The molecule has 0 aliphatic rings. The highest BCUT2D eigenvalue weighted by atomic mass is 16.1. The Balaban J connectivity index is 2.96. The van der Waals surface area contributed by atoms with Crippen LogP contribution in [0.25, 0.3) is 0 Å². The summed E-state index contributed by atoms with van der Waals surface area (Å²) in [5.74, 6) is -0.116. The Hall–Kier alpha value is -1.82. The van der Waals surface area contributed by atoms with E-state index in [0.717, 1.165) is 5.56 Å². The summed E-state index contributed by atoms with van der Waals surface area (Å²) in [7, 11) is 3.73. The van der Waals surface area contributed by atoms with Crippen molar-refractivity contribution in [3.05, 3.63) is 41.9 Å². The van der Waals surface area contributed by atoms with Crippen LogP contribution in [0.2, 0.25) is 0 Å². The second-order valence-corrected chi connectivity index (χ2v) is 5.19. The van der Waals surface area contributed by atoms with E-state index < -0.39 is 0 Å². The average Bonchev–Trinajstić information content (AvgIpc) is 2.25. The fourth-order valence-corrected chi connectivity index (χ4v) is 1.19. The van der Waals surface area contributed by atoms with Gasteiger partial charge in [-0.2, -0.15) is 4.98 Å². The van der Waals surface area contributed by atoms with Gasteiger partial charge in [0.1, 0.15) is 5.69 Å². The van der Waals surface area contributed by atoms with Crippen LogP contribution in [0.1, 0.15) is 36.8 Å². The van der Waals surface area contributed by atoms with E-state index in [1.54, 1.807) is 17.2 Å². The lowest BCUT2D eigenvalue weighted by Gasteiger charge is -2.16. The predicted molar refractivity (Wildman–Crippen MR) is 67.8 cm³/mol. The summed E-state index contributed by atoms with van der Waals surface area (Å²) in [6, 6.07) is 4.72. The van der Waals surface area contributed by atoms with Crippen LogP contribution in [-0.2, 0) is 5.41 Å². The second-order valence-electron chi connectivity index (χ2n) is 5.19. The highest BCUT2D eigenvalue weighted by molar-refractivity contribution is 6.02. The smallest absolute Gasteiger partial charge is 0.206 e. The summed E-state index contributed by atoms with van der Waals surface area (Å²) in [5.41, 5.74) is 1.29. The van der Waals surface area contributed by atoms with E-state index in [9.17, 15) is 4.79 Å². The quantitative estimate of drug-likeness (QED) is 0.590. The molecule has 1 heterocycles. The van der Waals surface area contributed by atoms with E-state index in [4.69, 9.17) is 0 Å². The van der Waals surface area contributed by atoms with Crippen molar-refractivity contribution in [2.24, 2.45) is 0 Å². The molecule has 0 aliphatic carbocycles. The maximum absolute atomic E-state index is 11.8. The summed E-state index contributed by atoms with van der Waals surface area (Å²) in [4.78, 5) is 17.6. The minimum atomic E-state index is -0.116. The molecule has 0 saturated carbocycles. The van der Waals surface area contributed by atoms with Crippen molar-refractivity contribution < 1.29 is 4.79 Å². The zero-order valence-electron chi connectivity index (χ0n) is 11.0. The zero-order chi connectivity index (χ0) is 13.1. The van der Waals surface area contributed by atoms with Crippen LogP contribution in [0.5, 0.6) is 0 Å². The minimum absolute atomic E-state index is 0.0558. The zero-order valence-corrected chi connectivity index (χ0v) is 11.0. The number of ketones is 1. The molecule has 0 N–H and O–H groups in total. The lowest BCUT2D eigenvalue weighted by Crippen LogP contribution is -2.12. The monoisotopic (exact) mass is 230 g/mol. The predicted octanol–water partition coefficient (Wildman–Crippen LogP) is 2.24. The van der Waals surface area contributed by atoms with Crippen molar-refractivity contribution in [2.45, 2.75) is 26.2 Å². The number of carbonyl (C=O) groups is 1. The van der Waals surface area contributed by atoms with Gasteiger partial charge in [0.2, 0.25) is 5.78 Å². The fourth-order valence-electron chi connectivity index (χ4n) is 1.19. The average molecular weight is 230 g/mol. The largest absolute Gasteiger partial charge is 0.383 e. The molecule has 3 heteroatoms. The third-order valence-electron chi connectivity index (χ3n) is 2.23.